The van der Waals surface area contributed by atoms with Crippen molar-refractivity contribution in [2.24, 2.45) is 0 Å². The third-order valence-electron chi connectivity index (χ3n) is 2.15. The highest BCUT2D eigenvalue weighted by Gasteiger charge is 2.08. The number of thiophene rings is 1. The third kappa shape index (κ3) is 2.51. The zero-order valence-corrected chi connectivity index (χ0v) is 9.71. The van der Waals surface area contributed by atoms with Gasteiger partial charge in [-0.05, 0) is 12.1 Å². The molecule has 3 amide bonds. The maximum atomic E-state index is 11.4. The molecule has 0 saturated carbocycles. The predicted molar refractivity (Wildman–Crippen MR) is 69.2 cm³/mol. The van der Waals surface area contributed by atoms with Crippen LogP contribution in [0.15, 0.2) is 42.3 Å². The van der Waals surface area contributed by atoms with E-state index in [1.807, 2.05) is 29.6 Å². The van der Waals surface area contributed by atoms with E-state index in [9.17, 15) is 9.59 Å². The van der Waals surface area contributed by atoms with Crippen molar-refractivity contribution >= 4 is 39.0 Å². The van der Waals surface area contributed by atoms with E-state index in [0.29, 0.717) is 5.69 Å². The molecule has 0 bridgehead atoms. The van der Waals surface area contributed by atoms with E-state index in [1.54, 1.807) is 0 Å². The highest BCUT2D eigenvalue weighted by atomic mass is 32.1. The quantitative estimate of drug-likeness (QED) is 0.800. The van der Waals surface area contributed by atoms with Gasteiger partial charge in [0.1, 0.15) is 0 Å². The van der Waals surface area contributed by atoms with Gasteiger partial charge < -0.3 is 5.32 Å². The second-order valence-electron chi connectivity index (χ2n) is 3.29. The minimum atomic E-state index is -0.557. The first-order chi connectivity index (χ1) is 8.20. The van der Waals surface area contributed by atoms with Crippen LogP contribution < -0.4 is 10.6 Å². The summed E-state index contributed by atoms with van der Waals surface area (Å²) in [4.78, 5) is 22.4. The average molecular weight is 246 g/mol. The molecule has 1 aromatic carbocycles. The summed E-state index contributed by atoms with van der Waals surface area (Å²) in [7, 11) is 0. The van der Waals surface area contributed by atoms with Crippen LogP contribution in [0.1, 0.15) is 0 Å². The number of anilines is 1. The van der Waals surface area contributed by atoms with Crippen LogP contribution in [0.3, 0.4) is 0 Å². The van der Waals surface area contributed by atoms with Gasteiger partial charge in [-0.3, -0.25) is 10.1 Å². The van der Waals surface area contributed by atoms with Gasteiger partial charge in [-0.1, -0.05) is 24.8 Å². The summed E-state index contributed by atoms with van der Waals surface area (Å²) in [5, 5.41) is 7.55. The SMILES string of the molecule is C=CC(=O)NC(=O)Nc1csc2ccccc12. The molecule has 0 spiro atoms. The van der Waals surface area contributed by atoms with Crippen LogP contribution >= 0.6 is 11.3 Å². The molecule has 17 heavy (non-hydrogen) atoms. The monoisotopic (exact) mass is 246 g/mol. The van der Waals surface area contributed by atoms with Crippen LogP contribution in [-0.4, -0.2) is 11.9 Å². The molecule has 2 aromatic rings. The highest BCUT2D eigenvalue weighted by molar-refractivity contribution is 7.17. The number of fused-ring (bicyclic) bond motifs is 1. The predicted octanol–water partition coefficient (Wildman–Crippen LogP) is 2.74. The smallest absolute Gasteiger partial charge is 0.306 e. The zero-order chi connectivity index (χ0) is 12.3. The van der Waals surface area contributed by atoms with Crippen molar-refractivity contribution in [2.75, 3.05) is 5.32 Å². The Morgan fingerprint density at radius 1 is 1.29 bits per heavy atom. The number of hydrogen-bond donors (Lipinski definition) is 2. The molecule has 1 aromatic heterocycles. The molecule has 1 heterocycles. The normalized spacial score (nSPS) is 9.88. The lowest BCUT2D eigenvalue weighted by Crippen LogP contribution is -2.32. The number of amides is 3. The number of imide groups is 1. The average Bonchev–Trinajstić information content (AvgIpc) is 2.72. The molecule has 0 aliphatic heterocycles. The van der Waals surface area contributed by atoms with Gasteiger partial charge in [0.15, 0.2) is 0 Å². The van der Waals surface area contributed by atoms with Crippen LogP contribution in [0.4, 0.5) is 10.5 Å². The van der Waals surface area contributed by atoms with Gasteiger partial charge in [0.05, 0.1) is 5.69 Å². The Labute approximate surface area is 102 Å². The van der Waals surface area contributed by atoms with Crippen LogP contribution in [0, 0.1) is 0 Å². The first-order valence-corrected chi connectivity index (χ1v) is 5.79. The van der Waals surface area contributed by atoms with Crippen molar-refractivity contribution in [1.29, 1.82) is 0 Å². The largest absolute Gasteiger partial charge is 0.326 e. The second-order valence-corrected chi connectivity index (χ2v) is 4.20. The summed E-state index contributed by atoms with van der Waals surface area (Å²) >= 11 is 1.53. The van der Waals surface area contributed by atoms with E-state index in [1.165, 1.54) is 11.3 Å². The molecule has 0 atom stereocenters. The second kappa shape index (κ2) is 4.80. The Balaban J connectivity index is 2.16. The highest BCUT2D eigenvalue weighted by Crippen LogP contribution is 2.29. The summed E-state index contributed by atoms with van der Waals surface area (Å²) in [5.74, 6) is -0.526. The summed E-state index contributed by atoms with van der Waals surface area (Å²) in [6.07, 6.45) is 1.05. The molecule has 4 nitrogen and oxygen atoms in total. The number of urea groups is 1. The van der Waals surface area contributed by atoms with Crippen LogP contribution in [0.25, 0.3) is 10.1 Å². The van der Waals surface area contributed by atoms with E-state index in [-0.39, 0.29) is 0 Å². The number of carbonyl (C=O) groups excluding carboxylic acids is 2. The van der Waals surface area contributed by atoms with Crippen LogP contribution in [-0.2, 0) is 4.79 Å². The molecule has 0 aliphatic rings. The molecular formula is C12H10N2O2S. The first kappa shape index (κ1) is 11.3. The van der Waals surface area contributed by atoms with Gasteiger partial charge >= 0.3 is 6.03 Å². The summed E-state index contributed by atoms with van der Waals surface area (Å²) in [5.41, 5.74) is 0.694. The standard InChI is InChI=1S/C12H10N2O2S/c1-2-11(15)14-12(16)13-9-7-17-10-6-4-3-5-8(9)10/h2-7H,1H2,(H2,13,14,15,16). The van der Waals surface area contributed by atoms with E-state index in [0.717, 1.165) is 16.2 Å². The molecule has 0 saturated heterocycles. The number of rotatable bonds is 2. The Bertz CT molecular complexity index is 589. The number of nitrogens with one attached hydrogen (secondary N) is 2. The van der Waals surface area contributed by atoms with Gasteiger partial charge in [-0.25, -0.2) is 4.79 Å². The van der Waals surface area contributed by atoms with Crippen molar-refractivity contribution in [1.82, 2.24) is 5.32 Å². The maximum absolute atomic E-state index is 11.4. The molecule has 0 unspecified atom stereocenters. The molecule has 2 rings (SSSR count). The molecule has 86 valence electrons. The van der Waals surface area contributed by atoms with E-state index in [2.05, 4.69) is 17.2 Å². The van der Waals surface area contributed by atoms with Gasteiger partial charge in [0.2, 0.25) is 0 Å². The topological polar surface area (TPSA) is 58.2 Å². The van der Waals surface area contributed by atoms with Crippen molar-refractivity contribution < 1.29 is 9.59 Å². The van der Waals surface area contributed by atoms with Gasteiger partial charge in [-0.2, -0.15) is 0 Å². The van der Waals surface area contributed by atoms with E-state index < -0.39 is 11.9 Å². The van der Waals surface area contributed by atoms with Gasteiger partial charge in [-0.15, -0.1) is 11.3 Å². The molecule has 5 heteroatoms. The zero-order valence-electron chi connectivity index (χ0n) is 8.90. The van der Waals surface area contributed by atoms with Gasteiger partial charge in [0, 0.05) is 15.5 Å². The molecule has 0 radical (unpaired) electrons. The third-order valence-corrected chi connectivity index (χ3v) is 3.11. The lowest BCUT2D eigenvalue weighted by molar-refractivity contribution is -0.115. The summed E-state index contributed by atoms with van der Waals surface area (Å²) in [6, 6.07) is 7.16. The lowest BCUT2D eigenvalue weighted by Gasteiger charge is -2.03. The van der Waals surface area contributed by atoms with Crippen molar-refractivity contribution in [3.05, 3.63) is 42.3 Å². The van der Waals surface area contributed by atoms with E-state index >= 15 is 0 Å². The fourth-order valence-corrected chi connectivity index (χ4v) is 2.28. The van der Waals surface area contributed by atoms with E-state index in [4.69, 9.17) is 0 Å². The number of hydrogen-bond acceptors (Lipinski definition) is 3. The Hall–Kier alpha value is -2.14. The maximum Gasteiger partial charge on any atom is 0.326 e. The fraction of sp³-hybridized carbons (Fsp3) is 0. The van der Waals surface area contributed by atoms with Crippen LogP contribution in [0.5, 0.6) is 0 Å². The Morgan fingerprint density at radius 3 is 2.82 bits per heavy atom. The summed E-state index contributed by atoms with van der Waals surface area (Å²) in [6.45, 7) is 3.27. The molecule has 0 aliphatic carbocycles. The first-order valence-electron chi connectivity index (χ1n) is 4.91. The Kier molecular flexibility index (Phi) is 3.20. The number of carbonyl (C=O) groups is 2. The summed E-state index contributed by atoms with van der Waals surface area (Å²) < 4.78 is 1.08. The van der Waals surface area contributed by atoms with Crippen LogP contribution in [0.2, 0.25) is 0 Å². The minimum Gasteiger partial charge on any atom is -0.306 e. The lowest BCUT2D eigenvalue weighted by atomic mass is 10.2. The van der Waals surface area contributed by atoms with Crippen molar-refractivity contribution in [3.63, 3.8) is 0 Å². The van der Waals surface area contributed by atoms with Gasteiger partial charge in [0.25, 0.3) is 5.91 Å². The van der Waals surface area contributed by atoms with Crippen molar-refractivity contribution in [3.8, 4) is 0 Å². The fourth-order valence-electron chi connectivity index (χ4n) is 1.39. The molecule has 0 fully saturated rings. The minimum absolute atomic E-state index is 0.526. The molecular weight excluding hydrogens is 236 g/mol. The Morgan fingerprint density at radius 2 is 2.06 bits per heavy atom. The molecule has 2 N–H and O–H groups in total. The number of benzene rings is 1. The van der Waals surface area contributed by atoms with Crippen molar-refractivity contribution in [2.45, 2.75) is 0 Å².